The smallest absolute Gasteiger partial charge is 0.323 e. The zero-order chi connectivity index (χ0) is 38.5. The highest BCUT2D eigenvalue weighted by molar-refractivity contribution is 5.79. The summed E-state index contributed by atoms with van der Waals surface area (Å²) in [6.45, 7) is 0. The van der Waals surface area contributed by atoms with E-state index in [0.29, 0.717) is 0 Å². The maximum atomic E-state index is 12.4. The van der Waals surface area contributed by atoms with E-state index in [2.05, 4.69) is 39.2 Å². The van der Waals surface area contributed by atoms with E-state index in [-0.39, 0.29) is 73.5 Å². The third-order valence-corrected chi connectivity index (χ3v) is 12.9. The van der Waals surface area contributed by atoms with Crippen LogP contribution in [0.3, 0.4) is 0 Å². The summed E-state index contributed by atoms with van der Waals surface area (Å²) < 4.78 is 0. The van der Waals surface area contributed by atoms with Gasteiger partial charge in [-0.15, -0.1) is 0 Å². The molecule has 0 aromatic rings. The minimum atomic E-state index is -0.0423. The van der Waals surface area contributed by atoms with E-state index in [1.807, 2.05) is 113 Å². The second-order valence-electron chi connectivity index (χ2n) is 15.5. The molecule has 0 radical (unpaired) electrons. The highest BCUT2D eigenvalue weighted by Gasteiger charge is 2.60. The van der Waals surface area contributed by atoms with Gasteiger partial charge in [0.1, 0.15) is 72.6 Å². The van der Waals surface area contributed by atoms with Gasteiger partial charge in [0.05, 0.1) is 0 Å². The Morgan fingerprint density at radius 2 is 0.308 bits per heavy atom. The van der Waals surface area contributed by atoms with Crippen LogP contribution in [-0.4, -0.2) is 265 Å². The van der Waals surface area contributed by atoms with Crippen LogP contribution in [0.25, 0.3) is 0 Å². The molecular weight excluding hydrogens is 672 g/mol. The summed E-state index contributed by atoms with van der Waals surface area (Å²) in [6, 6.07) is 0.103. The molecule has 8 heterocycles. The average Bonchev–Trinajstić information content (AvgIpc) is 3.90. The molecule has 0 aromatic heterocycles. The van der Waals surface area contributed by atoms with Gasteiger partial charge in [-0.05, 0) is 0 Å². The number of hydrogen-bond acceptors (Lipinski definition) is 12. The van der Waals surface area contributed by atoms with Gasteiger partial charge in [-0.1, -0.05) is 0 Å². The van der Waals surface area contributed by atoms with Crippen LogP contribution < -0.4 is 0 Å². The molecule has 52 heavy (non-hydrogen) atoms. The highest BCUT2D eigenvalue weighted by Crippen LogP contribution is 2.44. The van der Waals surface area contributed by atoms with Crippen LogP contribution in [0.4, 0.5) is 19.2 Å². The van der Waals surface area contributed by atoms with E-state index < -0.39 is 0 Å². The number of amides is 8. The van der Waals surface area contributed by atoms with Crippen molar-refractivity contribution in [2.24, 2.45) is 0 Å². The van der Waals surface area contributed by atoms with Gasteiger partial charge in [-0.2, -0.15) is 0 Å². The van der Waals surface area contributed by atoms with E-state index in [0.717, 1.165) is 23.3 Å². The van der Waals surface area contributed by atoms with Crippen LogP contribution in [-0.2, 0) is 0 Å². The van der Waals surface area contributed by atoms with Crippen LogP contribution in [0.2, 0.25) is 0 Å². The molecule has 0 bridgehead atoms. The van der Waals surface area contributed by atoms with E-state index in [1.54, 1.807) is 39.2 Å². The van der Waals surface area contributed by atoms with Crippen molar-refractivity contribution in [3.63, 3.8) is 0 Å². The molecule has 20 heteroatoms. The maximum absolute atomic E-state index is 12.4. The van der Waals surface area contributed by atoms with E-state index in [1.165, 1.54) is 0 Å². The predicted octanol–water partition coefficient (Wildman–Crippen LogP) is -1.67. The lowest BCUT2D eigenvalue weighted by molar-refractivity contribution is 0.153. The fourth-order valence-electron chi connectivity index (χ4n) is 10.4. The van der Waals surface area contributed by atoms with Gasteiger partial charge >= 0.3 is 24.1 Å². The lowest BCUT2D eigenvalue weighted by atomic mass is 10.4. The van der Waals surface area contributed by atoms with Crippen molar-refractivity contribution in [3.05, 3.63) is 23.3 Å². The minimum absolute atomic E-state index is 0.0258. The van der Waals surface area contributed by atoms with Crippen LogP contribution in [0, 0.1) is 0 Å². The minimum Gasteiger partial charge on any atom is -0.334 e. The Hall–Kier alpha value is -5.04. The molecule has 8 unspecified atom stereocenters. The average molecular weight is 729 g/mol. The van der Waals surface area contributed by atoms with Gasteiger partial charge in [0, 0.05) is 113 Å². The van der Waals surface area contributed by atoms with Gasteiger partial charge in [0.2, 0.25) is 0 Å². The Morgan fingerprint density at radius 1 is 0.212 bits per heavy atom. The largest absolute Gasteiger partial charge is 0.334 e. The molecule has 8 rings (SSSR count). The SMILES string of the molecule is CN1C(=O)N(C)C2C1N(C)C(=C1N(C)C3C(N(C)C(=O)N3C)N1C)N2C.CN1C(=O)N(C)C2C1N(C)C(=C1N(C)C3C(N(C)C(=O)N3C)N1C)N2C. The summed E-state index contributed by atoms with van der Waals surface area (Å²) in [7, 11) is 31.0. The summed E-state index contributed by atoms with van der Waals surface area (Å²) in [5, 5.41) is 0. The Kier molecular flexibility index (Phi) is 7.64. The first-order valence-electron chi connectivity index (χ1n) is 17.5. The zero-order valence-electron chi connectivity index (χ0n) is 33.4. The summed E-state index contributed by atoms with van der Waals surface area (Å²) in [6.07, 6.45) is -0.338. The standard InChI is InChI=1S/2C16H28N8O2/c2*1-17-9(18(2)12-11(17)21(5)15(25)22(12)6)10-19(3)13-14(20(10)4)24(8)16(26)23(13)7/h2*11-14H,1-8H3. The van der Waals surface area contributed by atoms with Gasteiger partial charge in [-0.25, -0.2) is 19.2 Å². The maximum Gasteiger partial charge on any atom is 0.323 e. The topological polar surface area (TPSA) is 120 Å². The molecule has 288 valence electrons. The second kappa shape index (κ2) is 11.2. The highest BCUT2D eigenvalue weighted by atomic mass is 16.2. The third-order valence-electron chi connectivity index (χ3n) is 12.9. The molecule has 8 fully saturated rings. The van der Waals surface area contributed by atoms with Crippen LogP contribution in [0.5, 0.6) is 0 Å². The summed E-state index contributed by atoms with van der Waals surface area (Å²) in [5.41, 5.74) is 0. The molecular formula is C32H56N16O4. The van der Waals surface area contributed by atoms with Crippen molar-refractivity contribution >= 4 is 24.1 Å². The Balaban J connectivity index is 0.000000162. The number of carbonyl (C=O) groups is 4. The molecule has 0 aromatic carbocycles. The van der Waals surface area contributed by atoms with Crippen LogP contribution >= 0.6 is 0 Å². The number of hydrogen-bond donors (Lipinski definition) is 0. The van der Waals surface area contributed by atoms with Crippen LogP contribution in [0.1, 0.15) is 0 Å². The molecule has 8 atom stereocenters. The zero-order valence-corrected chi connectivity index (χ0v) is 33.4. The first kappa shape index (κ1) is 35.4. The van der Waals surface area contributed by atoms with Crippen LogP contribution in [0.15, 0.2) is 23.3 Å². The monoisotopic (exact) mass is 728 g/mol. The molecule has 0 N–H and O–H groups in total. The Morgan fingerprint density at radius 3 is 0.404 bits per heavy atom. The molecule has 0 spiro atoms. The molecule has 8 amide bonds. The van der Waals surface area contributed by atoms with E-state index >= 15 is 0 Å². The van der Waals surface area contributed by atoms with Crippen molar-refractivity contribution in [3.8, 4) is 0 Å². The van der Waals surface area contributed by atoms with Gasteiger partial charge in [-0.3, -0.25) is 0 Å². The quantitative estimate of drug-likeness (QED) is 0.284. The number of likely N-dealkylation sites (N-methyl/N-ethyl adjacent to an activating group) is 16. The molecule has 20 nitrogen and oxygen atoms in total. The normalized spacial score (nSPS) is 34.3. The van der Waals surface area contributed by atoms with Gasteiger partial charge in [0.15, 0.2) is 0 Å². The number of nitrogens with zero attached hydrogens (tertiary/aromatic N) is 16. The van der Waals surface area contributed by atoms with E-state index in [4.69, 9.17) is 0 Å². The lowest BCUT2D eigenvalue weighted by Crippen LogP contribution is -2.43. The van der Waals surface area contributed by atoms with Gasteiger partial charge in [0.25, 0.3) is 0 Å². The fourth-order valence-corrected chi connectivity index (χ4v) is 10.4. The molecule has 0 saturated carbocycles. The van der Waals surface area contributed by atoms with Crippen molar-refractivity contribution in [1.29, 1.82) is 0 Å². The predicted molar refractivity (Wildman–Crippen MR) is 190 cm³/mol. The summed E-state index contributed by atoms with van der Waals surface area (Å²) in [4.78, 5) is 81.0. The van der Waals surface area contributed by atoms with Crippen molar-refractivity contribution < 1.29 is 19.2 Å². The number of carbonyl (C=O) groups excluding carboxylic acids is 4. The number of rotatable bonds is 0. The third kappa shape index (κ3) is 4.02. The first-order chi connectivity index (χ1) is 24.2. The Bertz CT molecular complexity index is 1320. The summed E-state index contributed by atoms with van der Waals surface area (Å²) >= 11 is 0. The van der Waals surface area contributed by atoms with E-state index in [9.17, 15) is 19.2 Å². The molecule has 8 saturated heterocycles. The first-order valence-corrected chi connectivity index (χ1v) is 17.5. The molecule has 8 aliphatic heterocycles. The fraction of sp³-hybridized carbons (Fsp3) is 0.750. The number of fused-ring (bicyclic) bond motifs is 4. The van der Waals surface area contributed by atoms with Crippen molar-refractivity contribution in [2.45, 2.75) is 49.3 Å². The second-order valence-corrected chi connectivity index (χ2v) is 15.5. The Labute approximate surface area is 306 Å². The van der Waals surface area contributed by atoms with Crippen molar-refractivity contribution in [2.75, 3.05) is 113 Å². The molecule has 0 aliphatic carbocycles. The summed E-state index contributed by atoms with van der Waals surface area (Å²) in [5.74, 6) is 4.22. The lowest BCUT2D eigenvalue weighted by Gasteiger charge is -2.34. The molecule has 8 aliphatic rings. The van der Waals surface area contributed by atoms with Gasteiger partial charge < -0.3 is 78.4 Å². The van der Waals surface area contributed by atoms with Crippen molar-refractivity contribution in [1.82, 2.24) is 78.4 Å². The number of urea groups is 4.